The van der Waals surface area contributed by atoms with Crippen molar-refractivity contribution in [2.45, 2.75) is 13.0 Å². The Kier molecular flexibility index (Phi) is 4.23. The molecule has 1 fully saturated rings. The van der Waals surface area contributed by atoms with E-state index in [9.17, 15) is 4.39 Å². The largest absolute Gasteiger partial charge is 0.336 e. The molecule has 1 aliphatic heterocycles. The molecule has 6 heteroatoms. The second-order valence-corrected chi connectivity index (χ2v) is 3.45. The van der Waals surface area contributed by atoms with E-state index in [1.807, 2.05) is 0 Å². The number of piperazine rings is 1. The molecule has 1 saturated heterocycles. The van der Waals surface area contributed by atoms with E-state index in [4.69, 9.17) is 0 Å². The summed E-state index contributed by atoms with van der Waals surface area (Å²) in [6.07, 6.45) is 2.41. The highest BCUT2D eigenvalue weighted by Crippen LogP contribution is 2.11. The van der Waals surface area contributed by atoms with Gasteiger partial charge in [0.2, 0.25) is 5.95 Å². The Hall–Kier alpha value is -0.940. The minimum atomic E-state index is -0.392. The number of nitrogens with one attached hydrogen (secondary N) is 1. The number of hydrogen-bond donors (Lipinski definition) is 1. The first kappa shape index (κ1) is 12.1. The SMILES string of the molecule is C[C@H]1CNCCN1c1ncc(F)cn1.Cl. The molecule has 2 heterocycles. The molecule has 1 aromatic rings. The minimum Gasteiger partial charge on any atom is -0.336 e. The molecule has 0 radical (unpaired) electrons. The highest BCUT2D eigenvalue weighted by Gasteiger charge is 2.19. The van der Waals surface area contributed by atoms with Crippen LogP contribution >= 0.6 is 12.4 Å². The lowest BCUT2D eigenvalue weighted by Gasteiger charge is -2.33. The van der Waals surface area contributed by atoms with Crippen molar-refractivity contribution in [1.82, 2.24) is 15.3 Å². The molecule has 1 N–H and O–H groups in total. The third kappa shape index (κ3) is 2.76. The van der Waals surface area contributed by atoms with Crippen LogP contribution in [0.4, 0.5) is 10.3 Å². The Morgan fingerprint density at radius 2 is 2.13 bits per heavy atom. The van der Waals surface area contributed by atoms with Gasteiger partial charge in [0, 0.05) is 25.7 Å². The van der Waals surface area contributed by atoms with E-state index in [0.717, 1.165) is 19.6 Å². The quantitative estimate of drug-likeness (QED) is 0.779. The van der Waals surface area contributed by atoms with Crippen LogP contribution in [-0.2, 0) is 0 Å². The summed E-state index contributed by atoms with van der Waals surface area (Å²) in [6.45, 7) is 4.80. The predicted molar refractivity (Wildman–Crippen MR) is 58.9 cm³/mol. The van der Waals surface area contributed by atoms with Crippen LogP contribution in [0.2, 0.25) is 0 Å². The first-order valence-electron chi connectivity index (χ1n) is 4.72. The molecule has 0 aliphatic carbocycles. The first-order valence-corrected chi connectivity index (χ1v) is 4.72. The van der Waals surface area contributed by atoms with Gasteiger partial charge in [0.1, 0.15) is 0 Å². The van der Waals surface area contributed by atoms with E-state index in [2.05, 4.69) is 27.1 Å². The fourth-order valence-corrected chi connectivity index (χ4v) is 1.59. The summed E-state index contributed by atoms with van der Waals surface area (Å²) in [5.41, 5.74) is 0. The van der Waals surface area contributed by atoms with Crippen molar-refractivity contribution in [2.24, 2.45) is 0 Å². The molecule has 0 aromatic carbocycles. The van der Waals surface area contributed by atoms with Gasteiger partial charge in [-0.05, 0) is 6.92 Å². The molecule has 2 rings (SSSR count). The molecule has 0 unspecified atom stereocenters. The zero-order valence-electron chi connectivity index (χ0n) is 8.48. The smallest absolute Gasteiger partial charge is 0.225 e. The molecule has 0 amide bonds. The van der Waals surface area contributed by atoms with Crippen molar-refractivity contribution in [3.63, 3.8) is 0 Å². The van der Waals surface area contributed by atoms with E-state index in [-0.39, 0.29) is 12.4 Å². The minimum absolute atomic E-state index is 0. The van der Waals surface area contributed by atoms with Gasteiger partial charge in [0.15, 0.2) is 5.82 Å². The standard InChI is InChI=1S/C9H13FN4.ClH/c1-7-4-11-2-3-14(7)9-12-5-8(10)6-13-9;/h5-7,11H,2-4H2,1H3;1H/t7-;/m0./s1. The maximum Gasteiger partial charge on any atom is 0.225 e. The molecular formula is C9H14ClFN4. The molecule has 4 nitrogen and oxygen atoms in total. The predicted octanol–water partition coefficient (Wildman–Crippen LogP) is 0.836. The van der Waals surface area contributed by atoms with Crippen LogP contribution < -0.4 is 10.2 Å². The summed E-state index contributed by atoms with van der Waals surface area (Å²) >= 11 is 0. The van der Waals surface area contributed by atoms with Gasteiger partial charge in [0.05, 0.1) is 12.4 Å². The molecule has 1 aliphatic rings. The number of anilines is 1. The number of aromatic nitrogens is 2. The third-order valence-electron chi connectivity index (χ3n) is 2.36. The molecule has 1 aromatic heterocycles. The Labute approximate surface area is 94.3 Å². The van der Waals surface area contributed by atoms with Crippen LogP contribution in [-0.4, -0.2) is 35.6 Å². The van der Waals surface area contributed by atoms with E-state index >= 15 is 0 Å². The third-order valence-corrected chi connectivity index (χ3v) is 2.36. The second kappa shape index (κ2) is 5.23. The van der Waals surface area contributed by atoms with Gasteiger partial charge in [-0.1, -0.05) is 0 Å². The van der Waals surface area contributed by atoms with Crippen LogP contribution in [0.15, 0.2) is 12.4 Å². The first-order chi connectivity index (χ1) is 6.77. The summed E-state index contributed by atoms with van der Waals surface area (Å²) in [4.78, 5) is 10.0. The van der Waals surface area contributed by atoms with E-state index in [0.29, 0.717) is 12.0 Å². The average molecular weight is 233 g/mol. The van der Waals surface area contributed by atoms with Gasteiger partial charge in [-0.2, -0.15) is 0 Å². The Morgan fingerprint density at radius 3 is 2.73 bits per heavy atom. The van der Waals surface area contributed by atoms with Crippen molar-refractivity contribution in [3.8, 4) is 0 Å². The molecule has 0 bridgehead atoms. The topological polar surface area (TPSA) is 41.0 Å². The fourth-order valence-electron chi connectivity index (χ4n) is 1.59. The Morgan fingerprint density at radius 1 is 1.47 bits per heavy atom. The lowest BCUT2D eigenvalue weighted by Crippen LogP contribution is -2.50. The molecule has 0 saturated carbocycles. The van der Waals surface area contributed by atoms with Crippen molar-refractivity contribution in [3.05, 3.63) is 18.2 Å². The molecule has 0 spiro atoms. The van der Waals surface area contributed by atoms with Gasteiger partial charge in [-0.15, -0.1) is 12.4 Å². The number of halogens is 2. The van der Waals surface area contributed by atoms with E-state index in [1.54, 1.807) is 0 Å². The van der Waals surface area contributed by atoms with Crippen LogP contribution in [0.3, 0.4) is 0 Å². The lowest BCUT2D eigenvalue weighted by molar-refractivity contribution is 0.491. The van der Waals surface area contributed by atoms with Crippen molar-refractivity contribution in [1.29, 1.82) is 0 Å². The summed E-state index contributed by atoms with van der Waals surface area (Å²) in [5.74, 6) is 0.219. The summed E-state index contributed by atoms with van der Waals surface area (Å²) in [6, 6.07) is 0.356. The normalized spacial score (nSPS) is 20.9. The summed E-state index contributed by atoms with van der Waals surface area (Å²) < 4.78 is 12.6. The molecule has 15 heavy (non-hydrogen) atoms. The number of hydrogen-bond acceptors (Lipinski definition) is 4. The Bertz CT molecular complexity index is 305. The fraction of sp³-hybridized carbons (Fsp3) is 0.556. The maximum atomic E-state index is 12.6. The number of nitrogens with zero attached hydrogens (tertiary/aromatic N) is 3. The highest BCUT2D eigenvalue weighted by atomic mass is 35.5. The van der Waals surface area contributed by atoms with Gasteiger partial charge < -0.3 is 10.2 Å². The molecular weight excluding hydrogens is 219 g/mol. The zero-order valence-corrected chi connectivity index (χ0v) is 9.30. The van der Waals surface area contributed by atoms with Gasteiger partial charge in [0.25, 0.3) is 0 Å². The highest BCUT2D eigenvalue weighted by molar-refractivity contribution is 5.85. The second-order valence-electron chi connectivity index (χ2n) is 3.45. The maximum absolute atomic E-state index is 12.6. The van der Waals surface area contributed by atoms with Crippen LogP contribution in [0.25, 0.3) is 0 Å². The monoisotopic (exact) mass is 232 g/mol. The van der Waals surface area contributed by atoms with Gasteiger partial charge in [-0.3, -0.25) is 0 Å². The summed E-state index contributed by atoms with van der Waals surface area (Å²) in [5, 5.41) is 3.27. The van der Waals surface area contributed by atoms with E-state index < -0.39 is 5.82 Å². The lowest BCUT2D eigenvalue weighted by atomic mass is 10.2. The van der Waals surface area contributed by atoms with Crippen LogP contribution in [0.5, 0.6) is 0 Å². The zero-order chi connectivity index (χ0) is 9.97. The molecule has 1 atom stereocenters. The summed E-state index contributed by atoms with van der Waals surface area (Å²) in [7, 11) is 0. The van der Waals surface area contributed by atoms with Gasteiger partial charge in [-0.25, -0.2) is 14.4 Å². The number of rotatable bonds is 1. The average Bonchev–Trinajstić information content (AvgIpc) is 2.20. The van der Waals surface area contributed by atoms with Crippen LogP contribution in [0.1, 0.15) is 6.92 Å². The van der Waals surface area contributed by atoms with Gasteiger partial charge >= 0.3 is 0 Å². The molecule has 84 valence electrons. The Balaban J connectivity index is 0.00000112. The van der Waals surface area contributed by atoms with Crippen molar-refractivity contribution >= 4 is 18.4 Å². The van der Waals surface area contributed by atoms with Crippen molar-refractivity contribution in [2.75, 3.05) is 24.5 Å². The van der Waals surface area contributed by atoms with E-state index in [1.165, 1.54) is 12.4 Å². The van der Waals surface area contributed by atoms with Crippen LogP contribution in [0, 0.1) is 5.82 Å². The van der Waals surface area contributed by atoms with Crippen molar-refractivity contribution < 1.29 is 4.39 Å².